The molecule has 1 N–H and O–H groups in total. The summed E-state index contributed by atoms with van der Waals surface area (Å²) in [6.07, 6.45) is -0.822. The zero-order valence-electron chi connectivity index (χ0n) is 4.81. The highest BCUT2D eigenvalue weighted by Gasteiger charge is 2.02. The van der Waals surface area contributed by atoms with Crippen LogP contribution in [-0.2, 0) is 4.74 Å². The first-order valence-corrected chi connectivity index (χ1v) is 2.68. The molecule has 0 rings (SSSR count). The van der Waals surface area contributed by atoms with Crippen LogP contribution >= 0.6 is 11.6 Å². The number of ether oxygens (including phenoxy) is 1. The largest absolute Gasteiger partial charge is 0.450 e. The molecule has 0 spiro atoms. The highest BCUT2D eigenvalue weighted by atomic mass is 35.5. The average Bonchev–Trinajstić information content (AvgIpc) is 1.63. The number of hydrogen-bond donors (Lipinski definition) is 1. The molecule has 2 amide bonds. The lowest BCUT2D eigenvalue weighted by Crippen LogP contribution is -2.26. The molecule has 0 aromatic carbocycles. The Kier molecular flexibility index (Phi) is 3.79. The van der Waals surface area contributed by atoms with Crippen LogP contribution in [-0.4, -0.2) is 18.1 Å². The van der Waals surface area contributed by atoms with Crippen molar-refractivity contribution in [3.63, 3.8) is 0 Å². The summed E-state index contributed by atoms with van der Waals surface area (Å²) in [5, 5.41) is 0.772. The summed E-state index contributed by atoms with van der Waals surface area (Å²) in [5.74, 6) is 0. The molecule has 0 bridgehead atoms. The van der Waals surface area contributed by atoms with E-state index in [0.29, 0.717) is 0 Å². The first-order valence-electron chi connectivity index (χ1n) is 2.30. The van der Waals surface area contributed by atoms with Gasteiger partial charge >= 0.3 is 11.5 Å². The van der Waals surface area contributed by atoms with Gasteiger partial charge in [0.15, 0.2) is 0 Å². The molecule has 0 aliphatic rings. The molecule has 52 valence electrons. The van der Waals surface area contributed by atoms with Gasteiger partial charge in [-0.25, -0.2) is 10.1 Å². The molecular weight excluding hydrogens is 146 g/mol. The quantitative estimate of drug-likeness (QED) is 0.451. The third kappa shape index (κ3) is 5.10. The van der Waals surface area contributed by atoms with E-state index in [1.165, 1.54) is 0 Å². The summed E-state index contributed by atoms with van der Waals surface area (Å²) in [6, 6.07) is 0. The lowest BCUT2D eigenvalue weighted by Gasteiger charge is -1.97. The zero-order chi connectivity index (χ0) is 7.28. The second kappa shape index (κ2) is 4.14. The van der Waals surface area contributed by atoms with Crippen LogP contribution in [0.3, 0.4) is 0 Å². The van der Waals surface area contributed by atoms with Gasteiger partial charge in [0.2, 0.25) is 0 Å². The molecule has 9 heavy (non-hydrogen) atoms. The zero-order valence-corrected chi connectivity index (χ0v) is 5.57. The van der Waals surface area contributed by atoms with Crippen molar-refractivity contribution < 1.29 is 14.3 Å². The summed E-state index contributed by atoms with van der Waals surface area (Å²) in [5.41, 5.74) is 0. The Bertz CT molecular complexity index is 125. The third-order valence-corrected chi connectivity index (χ3v) is 0.570. The molecule has 0 aliphatic carbocycles. The van der Waals surface area contributed by atoms with Crippen LogP contribution in [0.4, 0.5) is 9.59 Å². The number of carbonyl (C=O) groups excluding carboxylic acids is 2. The average molecular weight is 152 g/mol. The monoisotopic (exact) mass is 151 g/mol. The van der Waals surface area contributed by atoms with Gasteiger partial charge in [0, 0.05) is 0 Å². The molecule has 0 unspecified atom stereocenters. The predicted molar refractivity (Wildman–Crippen MR) is 31.4 cm³/mol. The van der Waals surface area contributed by atoms with Crippen molar-refractivity contribution in [1.82, 2.24) is 5.32 Å². The fourth-order valence-electron chi connectivity index (χ4n) is 0.247. The fourth-order valence-corrected chi connectivity index (χ4v) is 0.325. The minimum Gasteiger partial charge on any atom is -0.450 e. The summed E-state index contributed by atoms with van der Waals surface area (Å²) >= 11 is 4.76. The summed E-state index contributed by atoms with van der Waals surface area (Å²) < 4.78 is 4.30. The second-order valence-electron chi connectivity index (χ2n) is 1.12. The number of nitrogens with one attached hydrogen (secondary N) is 1. The van der Waals surface area contributed by atoms with Crippen molar-refractivity contribution in [2.75, 3.05) is 6.61 Å². The van der Waals surface area contributed by atoms with Gasteiger partial charge < -0.3 is 4.74 Å². The van der Waals surface area contributed by atoms with E-state index in [4.69, 9.17) is 11.6 Å². The Balaban J connectivity index is 3.39. The molecule has 0 radical (unpaired) electrons. The summed E-state index contributed by atoms with van der Waals surface area (Å²) in [7, 11) is 0. The minimum absolute atomic E-state index is 0.218. The van der Waals surface area contributed by atoms with Gasteiger partial charge in [0.05, 0.1) is 6.61 Å². The van der Waals surface area contributed by atoms with E-state index < -0.39 is 11.5 Å². The molecule has 5 heteroatoms. The summed E-state index contributed by atoms with van der Waals surface area (Å²) in [4.78, 5) is 20.1. The van der Waals surface area contributed by atoms with Crippen molar-refractivity contribution in [3.8, 4) is 0 Å². The van der Waals surface area contributed by atoms with E-state index in [2.05, 4.69) is 4.74 Å². The number of carbonyl (C=O) groups is 2. The van der Waals surface area contributed by atoms with Gasteiger partial charge in [-0.2, -0.15) is 0 Å². The molecule has 0 aliphatic heterocycles. The topological polar surface area (TPSA) is 55.4 Å². The van der Waals surface area contributed by atoms with E-state index in [1.54, 1.807) is 12.2 Å². The van der Waals surface area contributed by atoms with Crippen molar-refractivity contribution >= 4 is 23.1 Å². The Hall–Kier alpha value is -0.770. The Morgan fingerprint density at radius 2 is 2.22 bits per heavy atom. The smallest absolute Gasteiger partial charge is 0.414 e. The van der Waals surface area contributed by atoms with Crippen LogP contribution in [0.2, 0.25) is 0 Å². The second-order valence-corrected chi connectivity index (χ2v) is 1.46. The van der Waals surface area contributed by atoms with Crippen LogP contribution in [0.1, 0.15) is 6.92 Å². The maximum Gasteiger partial charge on any atom is 0.414 e. The van der Waals surface area contributed by atoms with E-state index in [-0.39, 0.29) is 6.61 Å². The van der Waals surface area contributed by atoms with Gasteiger partial charge in [-0.05, 0) is 18.5 Å². The number of amides is 2. The standard InChI is InChI=1S/C4H6ClNO3/c1-2-9-4(8)6-3(5)7/h2H2,1H3,(H,6,7,8). The highest BCUT2D eigenvalue weighted by Crippen LogP contribution is 1.80. The first kappa shape index (κ1) is 8.23. The van der Waals surface area contributed by atoms with Crippen LogP contribution in [0, 0.1) is 0 Å². The van der Waals surface area contributed by atoms with Crippen molar-refractivity contribution in [3.05, 3.63) is 0 Å². The minimum atomic E-state index is -0.937. The Morgan fingerprint density at radius 1 is 1.67 bits per heavy atom. The number of hydrogen-bond acceptors (Lipinski definition) is 3. The SMILES string of the molecule is CCOC(=O)NC(=O)Cl. The molecule has 0 aromatic heterocycles. The molecule has 0 fully saturated rings. The number of rotatable bonds is 1. The predicted octanol–water partition coefficient (Wildman–Crippen LogP) is 1.09. The molecule has 0 saturated heterocycles. The number of imide groups is 1. The molecule has 0 heterocycles. The van der Waals surface area contributed by atoms with Gasteiger partial charge in [-0.15, -0.1) is 0 Å². The van der Waals surface area contributed by atoms with Crippen molar-refractivity contribution in [1.29, 1.82) is 0 Å². The van der Waals surface area contributed by atoms with E-state index in [1.807, 2.05) is 0 Å². The molecule has 0 aromatic rings. The van der Waals surface area contributed by atoms with E-state index in [0.717, 1.165) is 0 Å². The van der Waals surface area contributed by atoms with Gasteiger partial charge in [0.25, 0.3) is 0 Å². The number of alkyl carbamates (subject to hydrolysis) is 1. The maximum absolute atomic E-state index is 10.2. The first-order chi connectivity index (χ1) is 4.16. The van der Waals surface area contributed by atoms with Crippen LogP contribution in [0.15, 0.2) is 0 Å². The Labute approximate surface area is 57.1 Å². The summed E-state index contributed by atoms with van der Waals surface area (Å²) in [6.45, 7) is 1.84. The van der Waals surface area contributed by atoms with Gasteiger partial charge in [-0.1, -0.05) is 0 Å². The van der Waals surface area contributed by atoms with Crippen LogP contribution in [0.25, 0.3) is 0 Å². The van der Waals surface area contributed by atoms with Crippen LogP contribution in [0.5, 0.6) is 0 Å². The fraction of sp³-hybridized carbons (Fsp3) is 0.500. The van der Waals surface area contributed by atoms with Crippen LogP contribution < -0.4 is 5.32 Å². The van der Waals surface area contributed by atoms with Gasteiger partial charge in [0.1, 0.15) is 0 Å². The van der Waals surface area contributed by atoms with E-state index in [9.17, 15) is 9.59 Å². The normalized spacial score (nSPS) is 8.22. The van der Waals surface area contributed by atoms with Crippen molar-refractivity contribution in [2.45, 2.75) is 6.92 Å². The number of halogens is 1. The van der Waals surface area contributed by atoms with E-state index >= 15 is 0 Å². The lowest BCUT2D eigenvalue weighted by atomic mass is 10.9. The lowest BCUT2D eigenvalue weighted by molar-refractivity contribution is 0.155. The highest BCUT2D eigenvalue weighted by molar-refractivity contribution is 6.64. The van der Waals surface area contributed by atoms with Crippen molar-refractivity contribution in [2.24, 2.45) is 0 Å². The molecule has 4 nitrogen and oxygen atoms in total. The molecule has 0 atom stereocenters. The maximum atomic E-state index is 10.2. The molecular formula is C4H6ClNO3. The molecule has 0 saturated carbocycles. The van der Waals surface area contributed by atoms with Gasteiger partial charge in [-0.3, -0.25) is 4.79 Å². The third-order valence-electron chi connectivity index (χ3n) is 0.476. The Morgan fingerprint density at radius 3 is 2.56 bits per heavy atom.